The molecule has 136 valence electrons. The van der Waals surface area contributed by atoms with Crippen molar-refractivity contribution < 1.29 is 24.6 Å². The fraction of sp³-hybridized carbons (Fsp3) is 0.250. The van der Waals surface area contributed by atoms with Crippen LogP contribution in [0.4, 0.5) is 0 Å². The zero-order chi connectivity index (χ0) is 19.5. The second-order valence-corrected chi connectivity index (χ2v) is 6.44. The van der Waals surface area contributed by atoms with Crippen LogP contribution in [0.25, 0.3) is 0 Å². The number of aliphatic hydroxyl groups is 1. The first-order valence-corrected chi connectivity index (χ1v) is 8.08. The molecule has 0 aromatic heterocycles. The number of nitrogens with one attached hydrogen (secondary N) is 1. The molecule has 0 aliphatic heterocycles. The number of carboxylic acids is 1. The monoisotopic (exact) mass is 355 g/mol. The number of hydrogen-bond acceptors (Lipinski definition) is 4. The first-order chi connectivity index (χ1) is 12.1. The lowest BCUT2D eigenvalue weighted by Crippen LogP contribution is -2.46. The van der Waals surface area contributed by atoms with E-state index >= 15 is 0 Å². The molecular formula is C20H21NO5. The number of aryl methyl sites for hydroxylation is 2. The van der Waals surface area contributed by atoms with Gasteiger partial charge in [0.25, 0.3) is 5.91 Å². The minimum absolute atomic E-state index is 0.122. The van der Waals surface area contributed by atoms with Crippen molar-refractivity contribution in [2.24, 2.45) is 0 Å². The zero-order valence-corrected chi connectivity index (χ0v) is 14.9. The van der Waals surface area contributed by atoms with E-state index in [9.17, 15) is 19.5 Å². The first-order valence-electron chi connectivity index (χ1n) is 8.08. The van der Waals surface area contributed by atoms with Crippen molar-refractivity contribution in [2.45, 2.75) is 26.4 Å². The van der Waals surface area contributed by atoms with Gasteiger partial charge in [-0.15, -0.1) is 0 Å². The zero-order valence-electron chi connectivity index (χ0n) is 14.9. The molecule has 0 aliphatic rings. The average molecular weight is 355 g/mol. The van der Waals surface area contributed by atoms with E-state index in [0.717, 1.165) is 18.1 Å². The number of aliphatic carboxylic acids is 1. The highest BCUT2D eigenvalue weighted by atomic mass is 16.4. The third-order valence-corrected chi connectivity index (χ3v) is 4.24. The Bertz CT molecular complexity index is 870. The van der Waals surface area contributed by atoms with Gasteiger partial charge in [-0.1, -0.05) is 30.3 Å². The number of rotatable bonds is 6. The summed E-state index contributed by atoms with van der Waals surface area (Å²) in [5, 5.41) is 21.0. The molecule has 1 unspecified atom stereocenters. The Hall–Kier alpha value is -2.99. The standard InChI is InChI=1S/C20H21NO5/c1-12-8-9-14(10-13(12)2)17(22)15-6-4-5-7-16(15)18(23)21-11-20(3,26)19(24)25/h4-10,26H,11H2,1-3H3,(H,21,23)(H,24,25). The van der Waals surface area contributed by atoms with Crippen LogP contribution in [0.2, 0.25) is 0 Å². The summed E-state index contributed by atoms with van der Waals surface area (Å²) in [7, 11) is 0. The molecule has 1 atom stereocenters. The van der Waals surface area contributed by atoms with Gasteiger partial charge in [-0.2, -0.15) is 0 Å². The minimum Gasteiger partial charge on any atom is -0.479 e. The lowest BCUT2D eigenvalue weighted by molar-refractivity contribution is -0.155. The van der Waals surface area contributed by atoms with Crippen LogP contribution in [-0.4, -0.2) is 40.0 Å². The smallest absolute Gasteiger partial charge is 0.337 e. The molecule has 0 fully saturated rings. The second kappa shape index (κ2) is 7.49. The number of amides is 1. The van der Waals surface area contributed by atoms with E-state index in [1.54, 1.807) is 30.3 Å². The Balaban J connectivity index is 2.29. The topological polar surface area (TPSA) is 104 Å². The lowest BCUT2D eigenvalue weighted by atomic mass is 9.95. The predicted molar refractivity (Wildman–Crippen MR) is 96.4 cm³/mol. The molecule has 0 radical (unpaired) electrons. The van der Waals surface area contributed by atoms with E-state index in [0.29, 0.717) is 5.56 Å². The van der Waals surface area contributed by atoms with Crippen molar-refractivity contribution >= 4 is 17.7 Å². The summed E-state index contributed by atoms with van der Waals surface area (Å²) < 4.78 is 0. The largest absolute Gasteiger partial charge is 0.479 e. The van der Waals surface area contributed by atoms with E-state index in [1.165, 1.54) is 6.07 Å². The second-order valence-electron chi connectivity index (χ2n) is 6.44. The number of benzene rings is 2. The van der Waals surface area contributed by atoms with Gasteiger partial charge in [0.15, 0.2) is 11.4 Å². The SMILES string of the molecule is Cc1ccc(C(=O)c2ccccc2C(=O)NCC(C)(O)C(=O)O)cc1C. The molecule has 0 aliphatic carbocycles. The highest BCUT2D eigenvalue weighted by Gasteiger charge is 2.31. The van der Waals surface area contributed by atoms with Gasteiger partial charge < -0.3 is 15.5 Å². The van der Waals surface area contributed by atoms with Crippen molar-refractivity contribution in [3.8, 4) is 0 Å². The van der Waals surface area contributed by atoms with Crippen LogP contribution >= 0.6 is 0 Å². The summed E-state index contributed by atoms with van der Waals surface area (Å²) in [6, 6.07) is 11.6. The van der Waals surface area contributed by atoms with Crippen LogP contribution in [-0.2, 0) is 4.79 Å². The van der Waals surface area contributed by atoms with Crippen molar-refractivity contribution in [2.75, 3.05) is 6.54 Å². The van der Waals surface area contributed by atoms with Crippen LogP contribution in [0.3, 0.4) is 0 Å². The molecule has 2 aromatic rings. The van der Waals surface area contributed by atoms with Crippen LogP contribution in [0, 0.1) is 13.8 Å². The van der Waals surface area contributed by atoms with E-state index < -0.39 is 24.0 Å². The number of carboxylic acid groups (broad SMARTS) is 1. The Labute approximate surface area is 151 Å². The normalized spacial score (nSPS) is 12.9. The fourth-order valence-electron chi connectivity index (χ4n) is 2.34. The van der Waals surface area contributed by atoms with Crippen LogP contribution in [0.1, 0.15) is 44.3 Å². The van der Waals surface area contributed by atoms with Crippen LogP contribution in [0.5, 0.6) is 0 Å². The maximum absolute atomic E-state index is 12.8. The molecule has 2 rings (SSSR count). The molecule has 2 aromatic carbocycles. The van der Waals surface area contributed by atoms with E-state index in [4.69, 9.17) is 5.11 Å². The van der Waals surface area contributed by atoms with Crippen molar-refractivity contribution in [1.29, 1.82) is 0 Å². The minimum atomic E-state index is -2.09. The van der Waals surface area contributed by atoms with Gasteiger partial charge in [0, 0.05) is 11.1 Å². The summed E-state index contributed by atoms with van der Waals surface area (Å²) in [6.07, 6.45) is 0. The lowest BCUT2D eigenvalue weighted by Gasteiger charge is -2.18. The summed E-state index contributed by atoms with van der Waals surface area (Å²) in [6.45, 7) is 4.45. The molecule has 1 amide bonds. The molecule has 0 spiro atoms. The van der Waals surface area contributed by atoms with E-state index in [1.807, 2.05) is 19.9 Å². The summed E-state index contributed by atoms with van der Waals surface area (Å²) in [4.78, 5) is 36.2. The quantitative estimate of drug-likeness (QED) is 0.689. The molecule has 0 saturated heterocycles. The van der Waals surface area contributed by atoms with E-state index in [-0.39, 0.29) is 16.9 Å². The van der Waals surface area contributed by atoms with Gasteiger partial charge in [0.2, 0.25) is 0 Å². The number of carbonyl (C=O) groups excluding carboxylic acids is 2. The Kier molecular flexibility index (Phi) is 5.57. The maximum atomic E-state index is 12.8. The Morgan fingerprint density at radius 1 is 1.00 bits per heavy atom. The molecule has 6 nitrogen and oxygen atoms in total. The van der Waals surface area contributed by atoms with Crippen molar-refractivity contribution in [3.63, 3.8) is 0 Å². The molecule has 26 heavy (non-hydrogen) atoms. The average Bonchev–Trinajstić information content (AvgIpc) is 2.61. The summed E-state index contributed by atoms with van der Waals surface area (Å²) in [5.74, 6) is -2.37. The first kappa shape index (κ1) is 19.3. The molecule has 0 saturated carbocycles. The predicted octanol–water partition coefficient (Wildman–Crippen LogP) is 2.10. The highest BCUT2D eigenvalue weighted by Crippen LogP contribution is 2.18. The summed E-state index contributed by atoms with van der Waals surface area (Å²) >= 11 is 0. The summed E-state index contributed by atoms with van der Waals surface area (Å²) in [5.41, 5.74) is 0.729. The van der Waals surface area contributed by atoms with Gasteiger partial charge in [0.05, 0.1) is 12.1 Å². The van der Waals surface area contributed by atoms with Crippen LogP contribution < -0.4 is 5.32 Å². The van der Waals surface area contributed by atoms with Gasteiger partial charge >= 0.3 is 5.97 Å². The van der Waals surface area contributed by atoms with Gasteiger partial charge in [-0.25, -0.2) is 4.79 Å². The number of carbonyl (C=O) groups is 3. The van der Waals surface area contributed by atoms with Gasteiger partial charge in [0.1, 0.15) is 0 Å². The Morgan fingerprint density at radius 2 is 1.62 bits per heavy atom. The molecular weight excluding hydrogens is 334 g/mol. The highest BCUT2D eigenvalue weighted by molar-refractivity contribution is 6.15. The third-order valence-electron chi connectivity index (χ3n) is 4.24. The molecule has 6 heteroatoms. The third kappa shape index (κ3) is 4.15. The fourth-order valence-corrected chi connectivity index (χ4v) is 2.34. The van der Waals surface area contributed by atoms with Crippen molar-refractivity contribution in [3.05, 3.63) is 70.3 Å². The van der Waals surface area contributed by atoms with Crippen LogP contribution in [0.15, 0.2) is 42.5 Å². The molecule has 0 bridgehead atoms. The Morgan fingerprint density at radius 3 is 2.19 bits per heavy atom. The molecule has 3 N–H and O–H groups in total. The van der Waals surface area contributed by atoms with Gasteiger partial charge in [-0.05, 0) is 44.0 Å². The number of ketones is 1. The molecule has 0 heterocycles. The maximum Gasteiger partial charge on any atom is 0.337 e. The van der Waals surface area contributed by atoms with E-state index in [2.05, 4.69) is 5.32 Å². The number of hydrogen-bond donors (Lipinski definition) is 3. The van der Waals surface area contributed by atoms with Crippen molar-refractivity contribution in [1.82, 2.24) is 5.32 Å². The van der Waals surface area contributed by atoms with Gasteiger partial charge in [-0.3, -0.25) is 9.59 Å².